The van der Waals surface area contributed by atoms with Crippen LogP contribution in [0.1, 0.15) is 10.4 Å². The second kappa shape index (κ2) is 5.99. The van der Waals surface area contributed by atoms with E-state index in [1.165, 1.54) is 12.2 Å². The second-order valence-corrected chi connectivity index (χ2v) is 4.68. The molecule has 0 saturated carbocycles. The smallest absolute Gasteiger partial charge is 0.277 e. The van der Waals surface area contributed by atoms with E-state index in [-0.39, 0.29) is 5.91 Å². The Labute approximate surface area is 113 Å². The number of anilines is 1. The molecule has 0 spiro atoms. The van der Waals surface area contributed by atoms with Crippen molar-refractivity contribution in [3.05, 3.63) is 23.9 Å². The Balaban J connectivity index is 2.13. The molecule has 0 N–H and O–H groups in total. The zero-order chi connectivity index (χ0) is 13.8. The van der Waals surface area contributed by atoms with Crippen LogP contribution in [0.5, 0.6) is 0 Å². The zero-order valence-corrected chi connectivity index (χ0v) is 11.7. The summed E-state index contributed by atoms with van der Waals surface area (Å²) in [7, 11) is 5.18. The molecule has 0 radical (unpaired) electrons. The van der Waals surface area contributed by atoms with Crippen molar-refractivity contribution >= 4 is 11.7 Å². The number of amides is 1. The molecule has 2 rings (SSSR count). The lowest BCUT2D eigenvalue weighted by molar-refractivity contribution is -0.0757. The van der Waals surface area contributed by atoms with Crippen molar-refractivity contribution in [3.63, 3.8) is 0 Å². The first-order valence-electron chi connectivity index (χ1n) is 6.33. The molecule has 0 aromatic carbocycles. The number of piperazine rings is 1. The van der Waals surface area contributed by atoms with Crippen LogP contribution in [-0.4, -0.2) is 68.2 Å². The Morgan fingerprint density at radius 2 is 2.05 bits per heavy atom. The van der Waals surface area contributed by atoms with Crippen molar-refractivity contribution in [2.24, 2.45) is 0 Å². The summed E-state index contributed by atoms with van der Waals surface area (Å²) >= 11 is 0. The van der Waals surface area contributed by atoms with Crippen LogP contribution in [0.25, 0.3) is 0 Å². The van der Waals surface area contributed by atoms with Gasteiger partial charge in [0, 0.05) is 45.0 Å². The van der Waals surface area contributed by atoms with Gasteiger partial charge < -0.3 is 9.80 Å². The van der Waals surface area contributed by atoms with E-state index >= 15 is 0 Å². The Morgan fingerprint density at radius 1 is 1.37 bits per heavy atom. The number of hydrogen-bond donors (Lipinski definition) is 0. The Bertz CT molecular complexity index is 444. The molecule has 6 nitrogen and oxygen atoms in total. The lowest BCUT2D eigenvalue weighted by Gasteiger charge is -2.33. The molecule has 19 heavy (non-hydrogen) atoms. The quantitative estimate of drug-likeness (QED) is 0.743. The fourth-order valence-electron chi connectivity index (χ4n) is 2.02. The van der Waals surface area contributed by atoms with E-state index in [1.807, 2.05) is 6.07 Å². The summed E-state index contributed by atoms with van der Waals surface area (Å²) in [6.07, 6.45) is 1.67. The van der Waals surface area contributed by atoms with E-state index < -0.39 is 0 Å². The van der Waals surface area contributed by atoms with Gasteiger partial charge in [0.05, 0.1) is 7.11 Å². The van der Waals surface area contributed by atoms with Crippen molar-refractivity contribution in [3.8, 4) is 0 Å². The average Bonchev–Trinajstić information content (AvgIpc) is 2.46. The fourth-order valence-corrected chi connectivity index (χ4v) is 2.02. The lowest BCUT2D eigenvalue weighted by Crippen LogP contribution is -2.44. The molecular weight excluding hydrogens is 244 g/mol. The summed E-state index contributed by atoms with van der Waals surface area (Å²) in [4.78, 5) is 25.7. The van der Waals surface area contributed by atoms with Gasteiger partial charge in [0.15, 0.2) is 0 Å². The number of hydroxylamine groups is 2. The topological polar surface area (TPSA) is 48.9 Å². The minimum absolute atomic E-state index is 0.166. The SMILES string of the molecule is CON(C)C(=O)c1ccnc(N2CCN(C)CC2)c1. The van der Waals surface area contributed by atoms with Crippen molar-refractivity contribution in [1.82, 2.24) is 14.9 Å². The number of rotatable bonds is 3. The minimum Gasteiger partial charge on any atom is -0.354 e. The highest BCUT2D eigenvalue weighted by molar-refractivity contribution is 5.94. The summed E-state index contributed by atoms with van der Waals surface area (Å²) in [6.45, 7) is 3.89. The maximum atomic E-state index is 12.0. The third-order valence-corrected chi connectivity index (χ3v) is 3.38. The first-order valence-corrected chi connectivity index (χ1v) is 6.33. The van der Waals surface area contributed by atoms with Crippen LogP contribution in [0.3, 0.4) is 0 Å². The molecule has 1 fully saturated rings. The van der Waals surface area contributed by atoms with Gasteiger partial charge in [0.2, 0.25) is 0 Å². The summed E-state index contributed by atoms with van der Waals surface area (Å²) in [6, 6.07) is 3.53. The molecule has 1 aliphatic rings. The normalized spacial score (nSPS) is 16.5. The molecule has 2 heterocycles. The Hall–Kier alpha value is -1.66. The van der Waals surface area contributed by atoms with Gasteiger partial charge in [-0.1, -0.05) is 0 Å². The third-order valence-electron chi connectivity index (χ3n) is 3.38. The van der Waals surface area contributed by atoms with Crippen LogP contribution >= 0.6 is 0 Å². The number of aromatic nitrogens is 1. The summed E-state index contributed by atoms with van der Waals surface area (Å²) in [5.41, 5.74) is 0.591. The first-order chi connectivity index (χ1) is 9.11. The molecule has 1 amide bonds. The highest BCUT2D eigenvalue weighted by Gasteiger charge is 2.17. The number of carbonyl (C=O) groups is 1. The van der Waals surface area contributed by atoms with Crippen molar-refractivity contribution in [2.45, 2.75) is 0 Å². The van der Waals surface area contributed by atoms with Crippen molar-refractivity contribution in [2.75, 3.05) is 52.3 Å². The van der Waals surface area contributed by atoms with Gasteiger partial charge in [-0.15, -0.1) is 0 Å². The van der Waals surface area contributed by atoms with E-state index in [9.17, 15) is 4.79 Å². The second-order valence-electron chi connectivity index (χ2n) is 4.68. The predicted molar refractivity (Wildman–Crippen MR) is 73.0 cm³/mol. The van der Waals surface area contributed by atoms with E-state index in [4.69, 9.17) is 4.84 Å². The minimum atomic E-state index is -0.166. The molecule has 6 heteroatoms. The summed E-state index contributed by atoms with van der Waals surface area (Å²) in [5, 5.41) is 1.21. The van der Waals surface area contributed by atoms with Gasteiger partial charge in [0.1, 0.15) is 5.82 Å². The highest BCUT2D eigenvalue weighted by atomic mass is 16.7. The summed E-state index contributed by atoms with van der Waals surface area (Å²) in [5.74, 6) is 0.684. The van der Waals surface area contributed by atoms with Crippen molar-refractivity contribution in [1.29, 1.82) is 0 Å². The fraction of sp³-hybridized carbons (Fsp3) is 0.538. The molecule has 1 saturated heterocycles. The highest BCUT2D eigenvalue weighted by Crippen LogP contribution is 2.15. The van der Waals surface area contributed by atoms with E-state index in [0.717, 1.165) is 32.0 Å². The maximum Gasteiger partial charge on any atom is 0.277 e. The average molecular weight is 264 g/mol. The standard InChI is InChI=1S/C13H20N4O2/c1-15-6-8-17(9-7-15)12-10-11(4-5-14-12)13(18)16(2)19-3/h4-5,10H,6-9H2,1-3H3. The largest absolute Gasteiger partial charge is 0.354 e. The Kier molecular flexibility index (Phi) is 4.34. The number of nitrogens with zero attached hydrogens (tertiary/aromatic N) is 4. The molecular formula is C13H20N4O2. The molecule has 0 unspecified atom stereocenters. The van der Waals surface area contributed by atoms with Crippen LogP contribution < -0.4 is 4.90 Å². The van der Waals surface area contributed by atoms with Crippen molar-refractivity contribution < 1.29 is 9.63 Å². The molecule has 0 atom stereocenters. The van der Waals surface area contributed by atoms with Crippen LogP contribution in [0.2, 0.25) is 0 Å². The monoisotopic (exact) mass is 264 g/mol. The molecule has 0 bridgehead atoms. The third kappa shape index (κ3) is 3.21. The molecule has 1 aromatic heterocycles. The number of carbonyl (C=O) groups excluding carboxylic acids is 1. The predicted octanol–water partition coefficient (Wildman–Crippen LogP) is 0.467. The van der Waals surface area contributed by atoms with Crippen LogP contribution in [-0.2, 0) is 4.84 Å². The van der Waals surface area contributed by atoms with Gasteiger partial charge in [-0.25, -0.2) is 10.0 Å². The molecule has 1 aromatic rings. The maximum absolute atomic E-state index is 12.0. The zero-order valence-electron chi connectivity index (χ0n) is 11.7. The number of likely N-dealkylation sites (N-methyl/N-ethyl adjacent to an activating group) is 1. The van der Waals surface area contributed by atoms with Gasteiger partial charge in [-0.2, -0.15) is 0 Å². The summed E-state index contributed by atoms with van der Waals surface area (Å²) < 4.78 is 0. The van der Waals surface area contributed by atoms with Crippen LogP contribution in [0, 0.1) is 0 Å². The van der Waals surface area contributed by atoms with Gasteiger partial charge in [-0.05, 0) is 19.2 Å². The molecule has 104 valence electrons. The molecule has 0 aliphatic carbocycles. The van der Waals surface area contributed by atoms with E-state index in [2.05, 4.69) is 21.8 Å². The van der Waals surface area contributed by atoms with Gasteiger partial charge in [-0.3, -0.25) is 9.63 Å². The van der Waals surface area contributed by atoms with E-state index in [1.54, 1.807) is 19.3 Å². The van der Waals surface area contributed by atoms with Gasteiger partial charge in [0.25, 0.3) is 5.91 Å². The first kappa shape index (κ1) is 13.8. The van der Waals surface area contributed by atoms with E-state index in [0.29, 0.717) is 5.56 Å². The van der Waals surface area contributed by atoms with Crippen LogP contribution in [0.15, 0.2) is 18.3 Å². The van der Waals surface area contributed by atoms with Crippen LogP contribution in [0.4, 0.5) is 5.82 Å². The Morgan fingerprint density at radius 3 is 2.68 bits per heavy atom. The lowest BCUT2D eigenvalue weighted by atomic mass is 10.2. The van der Waals surface area contributed by atoms with Gasteiger partial charge >= 0.3 is 0 Å². The molecule has 1 aliphatic heterocycles. The number of hydrogen-bond acceptors (Lipinski definition) is 5. The number of pyridine rings is 1.